The Balaban J connectivity index is 0.000000160. The van der Waals surface area contributed by atoms with Gasteiger partial charge in [0.1, 0.15) is 39.5 Å². The van der Waals surface area contributed by atoms with Gasteiger partial charge in [-0.05, 0) is 207 Å². The Morgan fingerprint density at radius 3 is 1.08 bits per heavy atom. The smallest absolute Gasteiger partial charge is 0.577 e. The summed E-state index contributed by atoms with van der Waals surface area (Å²) in [4.78, 5) is 13.8. The lowest BCUT2D eigenvalue weighted by atomic mass is 9.95. The van der Waals surface area contributed by atoms with Gasteiger partial charge in [0.15, 0.2) is 0 Å². The number of pyridine rings is 3. The number of benzene rings is 13. The van der Waals surface area contributed by atoms with Crippen LogP contribution < -0.4 is 11.4 Å². The number of hydrogen-bond donors (Lipinski definition) is 3. The van der Waals surface area contributed by atoms with Gasteiger partial charge >= 0.3 is 30.3 Å². The lowest BCUT2D eigenvalue weighted by molar-refractivity contribution is 0.0335. The van der Waals surface area contributed by atoms with Gasteiger partial charge in [-0.3, -0.25) is 0 Å². The first-order valence-electron chi connectivity index (χ1n) is 36.2. The number of fused-ring (bicyclic) bond motifs is 7. The number of aryl methyl sites for hydroxylation is 3. The Bertz CT molecular complexity index is 5590. The van der Waals surface area contributed by atoms with E-state index >= 15 is 0 Å². The minimum absolute atomic E-state index is 0.175. The van der Waals surface area contributed by atoms with E-state index in [1.165, 1.54) is 43.8 Å². The Morgan fingerprint density at radius 2 is 0.626 bits per heavy atom. The van der Waals surface area contributed by atoms with Crippen molar-refractivity contribution in [2.45, 2.75) is 87.5 Å². The first-order valence-corrected chi connectivity index (χ1v) is 39.1. The maximum absolute atomic E-state index is 10.1. The average molecular weight is 1440 g/mol. The van der Waals surface area contributed by atoms with Crippen molar-refractivity contribution in [3.05, 3.63) is 314 Å². The molecule has 16 rings (SSSR count). The SMILES string of the molecule is CC(C)[O][Al]([O]C(C)C)[O]C(C)C.CCO.Cc1ccc2cccc(O)c2n1.Cc1ccc2cccc([O][Al]([O]c3ccc(-c4ccc(-c5ccc6ccccc6c5)cc4)c4ccccc34)[O]c3cccc4ccc(C)nc34)c2n1.Oc1ccc(-c2ccc(-c3ccc4ccccc4c3)cc2)c2ccccc12. The Hall–Kier alpha value is -11.0. The van der Waals surface area contributed by atoms with Crippen molar-refractivity contribution < 1.29 is 38.1 Å². The second-order valence-electron chi connectivity index (χ2n) is 26.8. The Kier molecular flexibility index (Phi) is 25.4. The number of hydrogen-bond acceptors (Lipinski definition) is 12. The second-order valence-corrected chi connectivity index (χ2v) is 29.5. The van der Waals surface area contributed by atoms with Crippen LogP contribution in [-0.2, 0) is 11.4 Å². The molecule has 107 heavy (non-hydrogen) atoms. The highest BCUT2D eigenvalue weighted by atomic mass is 27.3. The maximum atomic E-state index is 10.1. The number of phenolic OH excluding ortho intramolecular Hbond substituents is 2. The molecule has 3 aromatic heterocycles. The summed E-state index contributed by atoms with van der Waals surface area (Å²) >= 11 is -4.90. The fourth-order valence-corrected chi connectivity index (χ4v) is 15.5. The predicted octanol–water partition coefficient (Wildman–Crippen LogP) is 23.1. The molecule has 0 radical (unpaired) electrons. The van der Waals surface area contributed by atoms with Crippen molar-refractivity contribution in [1.82, 2.24) is 15.0 Å². The van der Waals surface area contributed by atoms with Crippen LogP contribution in [0.25, 0.3) is 120 Å². The fraction of sp³-hybridized carbons (Fsp3) is 0.151. The van der Waals surface area contributed by atoms with Crippen LogP contribution in [0.5, 0.6) is 28.7 Å². The van der Waals surface area contributed by atoms with E-state index in [1.54, 1.807) is 19.1 Å². The summed E-state index contributed by atoms with van der Waals surface area (Å²) in [5.74, 6) is 2.50. The molecule has 0 amide bonds. The standard InChI is InChI=1S/2C26H18O.3C10H9NO.3C3H7O.C2H6O.2Al/c2*27-26-16-15-23(24-7-3-4-8-25(24)26)20-12-9-19(10-13-20)22-14-11-18-5-1-2-6-21(18)17-22;3*1-7-5-6-8-3-2-4-9(12)10(8)11-7;3*1-3(2)4;1-2-3;;/h2*1-17,27H;3*2-6,12H,1H3;3*3H,1-2H3;3H,2H2,1H3;;/q;;;;;3*-1;;2*+3/p-3. The maximum Gasteiger partial charge on any atom is 1.20 e. The average Bonchev–Trinajstić information content (AvgIpc) is 0.782. The molecule has 0 saturated heterocycles. The van der Waals surface area contributed by atoms with Crippen molar-refractivity contribution in [2.24, 2.45) is 0 Å². The normalized spacial score (nSPS) is 11.0. The zero-order valence-corrected chi connectivity index (χ0v) is 64.3. The van der Waals surface area contributed by atoms with Crippen LogP contribution >= 0.6 is 0 Å². The molecule has 14 heteroatoms. The molecular weight excluding hydrogens is 1360 g/mol. The van der Waals surface area contributed by atoms with Gasteiger partial charge in [-0.15, -0.1) is 0 Å². The summed E-state index contributed by atoms with van der Waals surface area (Å²) in [6, 6.07) is 101. The summed E-state index contributed by atoms with van der Waals surface area (Å²) in [6.07, 6.45) is 0.525. The Labute approximate surface area is 636 Å². The van der Waals surface area contributed by atoms with Gasteiger partial charge in [-0.2, -0.15) is 0 Å². The van der Waals surface area contributed by atoms with Crippen LogP contribution in [0.4, 0.5) is 0 Å². The molecule has 0 spiro atoms. The minimum atomic E-state index is -3.00. The molecule has 16 aromatic rings. The molecule has 534 valence electrons. The third-order valence-corrected chi connectivity index (χ3v) is 21.3. The first kappa shape index (κ1) is 75.7. The zero-order chi connectivity index (χ0) is 74.9. The molecule has 0 aliphatic carbocycles. The van der Waals surface area contributed by atoms with Gasteiger partial charge in [0.2, 0.25) is 0 Å². The zero-order valence-electron chi connectivity index (χ0n) is 62.0. The topological polar surface area (TPSA) is 155 Å². The third kappa shape index (κ3) is 19.4. The summed E-state index contributed by atoms with van der Waals surface area (Å²) < 4.78 is 37.0. The van der Waals surface area contributed by atoms with Crippen LogP contribution in [0.15, 0.2) is 297 Å². The number of nitrogens with zero attached hydrogens (tertiary/aromatic N) is 3. The van der Waals surface area contributed by atoms with E-state index in [9.17, 15) is 10.2 Å². The van der Waals surface area contributed by atoms with Crippen LogP contribution in [0.3, 0.4) is 0 Å². The largest absolute Gasteiger partial charge is 1.20 e. The van der Waals surface area contributed by atoms with E-state index in [1.807, 2.05) is 172 Å². The summed E-state index contributed by atoms with van der Waals surface area (Å²) in [5, 5.41) is 39.1. The highest BCUT2D eigenvalue weighted by Crippen LogP contribution is 2.39. The number of aliphatic hydroxyl groups excluding tert-OH is 1. The van der Waals surface area contributed by atoms with Crippen molar-refractivity contribution in [3.63, 3.8) is 0 Å². The lowest BCUT2D eigenvalue weighted by Gasteiger charge is -2.20. The van der Waals surface area contributed by atoms with Crippen molar-refractivity contribution in [1.29, 1.82) is 0 Å². The molecule has 0 unspecified atom stereocenters. The third-order valence-electron chi connectivity index (χ3n) is 17.6. The quantitative estimate of drug-likeness (QED) is 0.0789. The summed E-state index contributed by atoms with van der Waals surface area (Å²) in [5.41, 5.74) is 14.3. The molecule has 0 atom stereocenters. The highest BCUT2D eigenvalue weighted by molar-refractivity contribution is 6.40. The van der Waals surface area contributed by atoms with Crippen LogP contribution in [0, 0.1) is 20.8 Å². The number of phenols is 2. The predicted molar refractivity (Wildman–Crippen MR) is 442 cm³/mol. The molecular formula is C93H87Al2N3O9. The molecule has 3 N–H and O–H groups in total. The molecule has 0 saturated carbocycles. The van der Waals surface area contributed by atoms with E-state index < -0.39 is 30.3 Å². The highest BCUT2D eigenvalue weighted by Gasteiger charge is 2.46. The van der Waals surface area contributed by atoms with Gasteiger partial charge < -0.3 is 38.1 Å². The molecule has 0 aliphatic rings. The van der Waals surface area contributed by atoms with Crippen molar-refractivity contribution >= 4 is 106 Å². The van der Waals surface area contributed by atoms with Crippen LogP contribution in [-0.4, -0.2) is 85.5 Å². The van der Waals surface area contributed by atoms with E-state index in [0.717, 1.165) is 88.1 Å². The molecule has 0 bridgehead atoms. The number of aromatic hydroxyl groups is 2. The van der Waals surface area contributed by atoms with E-state index in [0.29, 0.717) is 28.5 Å². The number of aliphatic hydroxyl groups is 1. The van der Waals surface area contributed by atoms with Gasteiger partial charge in [-0.1, -0.05) is 237 Å². The first-order chi connectivity index (χ1) is 51.9. The van der Waals surface area contributed by atoms with Gasteiger partial charge in [0.25, 0.3) is 0 Å². The van der Waals surface area contributed by atoms with Gasteiger partial charge in [-0.25, -0.2) is 15.0 Å². The van der Waals surface area contributed by atoms with Gasteiger partial charge in [0, 0.05) is 68.9 Å². The molecule has 3 heterocycles. The van der Waals surface area contributed by atoms with Crippen LogP contribution in [0.1, 0.15) is 65.5 Å². The monoisotopic (exact) mass is 1440 g/mol. The van der Waals surface area contributed by atoms with Gasteiger partial charge in [0.05, 0.1) is 5.75 Å². The number of rotatable bonds is 16. The molecule has 12 nitrogen and oxygen atoms in total. The van der Waals surface area contributed by atoms with Crippen LogP contribution in [0.2, 0.25) is 0 Å². The molecule has 0 fully saturated rings. The van der Waals surface area contributed by atoms with E-state index in [4.69, 9.17) is 37.8 Å². The Morgan fingerprint density at radius 1 is 0.290 bits per heavy atom. The van der Waals surface area contributed by atoms with Crippen molar-refractivity contribution in [3.8, 4) is 73.3 Å². The van der Waals surface area contributed by atoms with E-state index in [2.05, 4.69) is 181 Å². The number of aromatic nitrogens is 3. The molecule has 0 aliphatic heterocycles. The second kappa shape index (κ2) is 35.9. The minimum Gasteiger partial charge on any atom is -0.577 e. The summed E-state index contributed by atoms with van der Waals surface area (Å²) in [7, 11) is 0. The number of para-hydroxylation sites is 3. The van der Waals surface area contributed by atoms with Crippen molar-refractivity contribution in [2.75, 3.05) is 6.61 Å². The molecule has 13 aromatic carbocycles. The summed E-state index contributed by atoms with van der Waals surface area (Å²) in [6.45, 7) is 19.8. The lowest BCUT2D eigenvalue weighted by Crippen LogP contribution is -2.37. The van der Waals surface area contributed by atoms with E-state index in [-0.39, 0.29) is 30.7 Å². The fourth-order valence-electron chi connectivity index (χ4n) is 12.6.